The molecule has 1 aliphatic rings. The van der Waals surface area contributed by atoms with E-state index in [0.29, 0.717) is 5.82 Å². The van der Waals surface area contributed by atoms with Gasteiger partial charge in [-0.25, -0.2) is 15.0 Å². The lowest BCUT2D eigenvalue weighted by atomic mass is 10.2. The number of ether oxygens (including phenoxy) is 1. The van der Waals surface area contributed by atoms with Gasteiger partial charge in [-0.1, -0.05) is 32.9 Å². The van der Waals surface area contributed by atoms with Crippen molar-refractivity contribution in [1.82, 2.24) is 15.0 Å². The summed E-state index contributed by atoms with van der Waals surface area (Å²) in [6, 6.07) is 8.13. The minimum absolute atomic E-state index is 0.141. The lowest BCUT2D eigenvalue weighted by Gasteiger charge is -2.36. The maximum atomic E-state index is 6.49. The number of rotatable bonds is 4. The van der Waals surface area contributed by atoms with E-state index in [9.17, 15) is 0 Å². The molecule has 29 heavy (non-hydrogen) atoms. The molecule has 8 heteroatoms. The molecule has 2 aromatic heterocycles. The Bertz CT molecular complexity index is 1010. The van der Waals surface area contributed by atoms with Crippen LogP contribution < -0.4 is 9.33 Å². The van der Waals surface area contributed by atoms with Gasteiger partial charge in [0.2, 0.25) is 8.32 Å². The zero-order chi connectivity index (χ0) is 20.6. The van der Waals surface area contributed by atoms with Gasteiger partial charge in [-0.3, -0.25) is 0 Å². The van der Waals surface area contributed by atoms with Gasteiger partial charge in [0.25, 0.3) is 0 Å². The van der Waals surface area contributed by atoms with Gasteiger partial charge in [0.05, 0.1) is 18.7 Å². The van der Waals surface area contributed by atoms with Gasteiger partial charge in [0.15, 0.2) is 17.3 Å². The van der Waals surface area contributed by atoms with Crippen LogP contribution in [0.1, 0.15) is 20.8 Å². The molecule has 154 valence electrons. The van der Waals surface area contributed by atoms with E-state index >= 15 is 0 Å². The van der Waals surface area contributed by atoms with Crippen LogP contribution in [0.4, 0.5) is 5.82 Å². The van der Waals surface area contributed by atoms with Gasteiger partial charge in [0.1, 0.15) is 10.4 Å². The fraction of sp³-hybridized carbons (Fsp3) is 0.476. The van der Waals surface area contributed by atoms with Gasteiger partial charge < -0.3 is 14.1 Å². The zero-order valence-corrected chi connectivity index (χ0v) is 19.5. The maximum absolute atomic E-state index is 6.49. The highest BCUT2D eigenvalue weighted by atomic mass is 32.1. The zero-order valence-electron chi connectivity index (χ0n) is 17.7. The molecular weight excluding hydrogens is 400 g/mol. The Morgan fingerprint density at radius 2 is 1.90 bits per heavy atom. The second kappa shape index (κ2) is 7.66. The van der Waals surface area contributed by atoms with Crippen LogP contribution >= 0.6 is 11.3 Å². The van der Waals surface area contributed by atoms with Crippen molar-refractivity contribution < 1.29 is 9.16 Å². The van der Waals surface area contributed by atoms with Gasteiger partial charge in [-0.05, 0) is 30.3 Å². The van der Waals surface area contributed by atoms with Crippen LogP contribution in [-0.4, -0.2) is 49.6 Å². The summed E-state index contributed by atoms with van der Waals surface area (Å²) in [5.74, 6) is 2.51. The second-order valence-electron chi connectivity index (χ2n) is 8.87. The maximum Gasteiger partial charge on any atom is 0.250 e. The van der Waals surface area contributed by atoms with E-state index in [1.807, 2.05) is 23.7 Å². The number of morpholine rings is 1. The average Bonchev–Trinajstić information content (AvgIpc) is 3.15. The number of fused-ring (bicyclic) bond motifs is 1. The Morgan fingerprint density at radius 3 is 2.62 bits per heavy atom. The summed E-state index contributed by atoms with van der Waals surface area (Å²) >= 11 is 1.59. The standard InChI is InChI=1S/C21H28N4O2SSi/c1-21(2,3)29(4,5)27-16-8-6-7-15(13-16)18-23-19-17(28-14-22-19)20(24-18)25-9-11-26-12-10-25/h6-8,13-14H,9-12H2,1-5H3. The average molecular weight is 429 g/mol. The smallest absolute Gasteiger partial charge is 0.250 e. The van der Waals surface area contributed by atoms with Crippen LogP contribution in [-0.2, 0) is 4.74 Å². The monoisotopic (exact) mass is 428 g/mol. The van der Waals surface area contributed by atoms with Gasteiger partial charge >= 0.3 is 0 Å². The van der Waals surface area contributed by atoms with Crippen molar-refractivity contribution in [1.29, 1.82) is 0 Å². The molecule has 0 spiro atoms. The predicted octanol–water partition coefficient (Wildman–Crippen LogP) is 4.97. The molecule has 0 radical (unpaired) electrons. The Hall–Kier alpha value is -2.03. The van der Waals surface area contributed by atoms with Crippen LogP contribution in [0.25, 0.3) is 21.7 Å². The van der Waals surface area contributed by atoms with E-state index in [2.05, 4.69) is 49.8 Å². The molecule has 4 rings (SSSR count). The van der Waals surface area contributed by atoms with Crippen LogP contribution in [0.15, 0.2) is 29.8 Å². The fourth-order valence-electron chi connectivity index (χ4n) is 3.01. The van der Waals surface area contributed by atoms with Crippen molar-refractivity contribution in [2.24, 2.45) is 0 Å². The first-order valence-corrected chi connectivity index (χ1v) is 13.8. The molecule has 1 fully saturated rings. The molecule has 3 heterocycles. The third-order valence-electron chi connectivity index (χ3n) is 5.76. The number of aromatic nitrogens is 3. The minimum atomic E-state index is -1.91. The van der Waals surface area contributed by atoms with E-state index < -0.39 is 8.32 Å². The van der Waals surface area contributed by atoms with E-state index in [-0.39, 0.29) is 5.04 Å². The lowest BCUT2D eigenvalue weighted by molar-refractivity contribution is 0.122. The lowest BCUT2D eigenvalue weighted by Crippen LogP contribution is -2.43. The highest BCUT2D eigenvalue weighted by Gasteiger charge is 2.39. The Morgan fingerprint density at radius 1 is 1.14 bits per heavy atom. The molecule has 3 aromatic rings. The predicted molar refractivity (Wildman–Crippen MR) is 122 cm³/mol. The van der Waals surface area contributed by atoms with Gasteiger partial charge in [0, 0.05) is 18.7 Å². The minimum Gasteiger partial charge on any atom is -0.543 e. The molecule has 0 unspecified atom stereocenters. The van der Waals surface area contributed by atoms with Crippen LogP contribution in [0.3, 0.4) is 0 Å². The summed E-state index contributed by atoms with van der Waals surface area (Å²) in [5, 5.41) is 0.141. The van der Waals surface area contributed by atoms with Gasteiger partial charge in [-0.2, -0.15) is 0 Å². The third-order valence-corrected chi connectivity index (χ3v) is 10.9. The molecule has 1 aromatic carbocycles. The SMILES string of the molecule is CC(C)(C)[Si](C)(C)Oc1cccc(-c2nc(N3CCOCC3)c3scnc3n2)c1. The van der Waals surface area contributed by atoms with Crippen molar-refractivity contribution in [2.75, 3.05) is 31.2 Å². The van der Waals surface area contributed by atoms with Crippen molar-refractivity contribution in [3.63, 3.8) is 0 Å². The second-order valence-corrected chi connectivity index (χ2v) is 14.4. The normalized spacial score (nSPS) is 15.7. The summed E-state index contributed by atoms with van der Waals surface area (Å²) in [5.41, 5.74) is 3.53. The number of nitrogens with zero attached hydrogens (tertiary/aromatic N) is 4. The highest BCUT2D eigenvalue weighted by molar-refractivity contribution is 7.17. The summed E-state index contributed by atoms with van der Waals surface area (Å²) < 4.78 is 13.0. The van der Waals surface area contributed by atoms with Crippen molar-refractivity contribution in [3.05, 3.63) is 29.8 Å². The summed E-state index contributed by atoms with van der Waals surface area (Å²) in [6.45, 7) is 14.4. The third kappa shape index (κ3) is 4.15. The number of thiazole rings is 1. The highest BCUT2D eigenvalue weighted by Crippen LogP contribution is 2.38. The van der Waals surface area contributed by atoms with Crippen molar-refractivity contribution >= 4 is 35.8 Å². The number of hydrogen-bond acceptors (Lipinski definition) is 7. The number of anilines is 1. The topological polar surface area (TPSA) is 60.4 Å². The molecule has 1 saturated heterocycles. The Balaban J connectivity index is 1.72. The van der Waals surface area contributed by atoms with Crippen LogP contribution in [0, 0.1) is 0 Å². The Labute approximate surface area is 177 Å². The molecule has 0 amide bonds. The summed E-state index contributed by atoms with van der Waals surface area (Å²) in [6.07, 6.45) is 0. The Kier molecular flexibility index (Phi) is 5.35. The van der Waals surface area contributed by atoms with E-state index in [4.69, 9.17) is 19.1 Å². The molecule has 1 aliphatic heterocycles. The molecule has 0 N–H and O–H groups in total. The van der Waals surface area contributed by atoms with Crippen LogP contribution in [0.2, 0.25) is 18.1 Å². The molecular formula is C21H28N4O2SSi. The number of benzene rings is 1. The molecule has 0 atom stereocenters. The number of hydrogen-bond donors (Lipinski definition) is 0. The molecule has 6 nitrogen and oxygen atoms in total. The summed E-state index contributed by atoms with van der Waals surface area (Å²) in [7, 11) is -1.91. The summed E-state index contributed by atoms with van der Waals surface area (Å²) in [4.78, 5) is 16.4. The first kappa shape index (κ1) is 20.2. The van der Waals surface area contributed by atoms with Crippen molar-refractivity contribution in [3.8, 4) is 17.1 Å². The van der Waals surface area contributed by atoms with Gasteiger partial charge in [-0.15, -0.1) is 11.3 Å². The van der Waals surface area contributed by atoms with Crippen molar-refractivity contribution in [2.45, 2.75) is 38.9 Å². The molecule has 0 bridgehead atoms. The van der Waals surface area contributed by atoms with Crippen LogP contribution in [0.5, 0.6) is 5.75 Å². The molecule has 0 saturated carbocycles. The largest absolute Gasteiger partial charge is 0.543 e. The first-order valence-electron chi connectivity index (χ1n) is 9.98. The fourth-order valence-corrected chi connectivity index (χ4v) is 4.78. The first-order chi connectivity index (χ1) is 13.7. The van der Waals surface area contributed by atoms with E-state index in [0.717, 1.165) is 53.8 Å². The molecule has 0 aliphatic carbocycles. The van der Waals surface area contributed by atoms with E-state index in [1.165, 1.54) is 0 Å². The van der Waals surface area contributed by atoms with E-state index in [1.54, 1.807) is 11.3 Å². The quantitative estimate of drug-likeness (QED) is 0.547.